The Balaban J connectivity index is 1.75. The molecule has 2 unspecified atom stereocenters. The highest BCUT2D eigenvalue weighted by Crippen LogP contribution is 2.21. The quantitative estimate of drug-likeness (QED) is 0.215. The number of benzene rings is 1. The molecule has 1 fully saturated rings. The van der Waals surface area contributed by atoms with Gasteiger partial charge in [-0.2, -0.15) is 0 Å². The van der Waals surface area contributed by atoms with Crippen molar-refractivity contribution < 1.29 is 24.2 Å². The van der Waals surface area contributed by atoms with E-state index in [-0.39, 0.29) is 18.6 Å². The molecule has 1 aliphatic heterocycles. The van der Waals surface area contributed by atoms with Crippen molar-refractivity contribution in [3.05, 3.63) is 47.0 Å². The van der Waals surface area contributed by atoms with Gasteiger partial charge in [-0.1, -0.05) is 47.5 Å². The van der Waals surface area contributed by atoms with Crippen molar-refractivity contribution in [2.45, 2.75) is 63.2 Å². The van der Waals surface area contributed by atoms with E-state index in [2.05, 4.69) is 0 Å². The first-order valence-corrected chi connectivity index (χ1v) is 11.5. The number of piperidine rings is 1. The molecule has 3 atom stereocenters. The van der Waals surface area contributed by atoms with Crippen molar-refractivity contribution >= 4 is 35.1 Å². The van der Waals surface area contributed by atoms with Gasteiger partial charge in [-0.05, 0) is 50.3 Å². The van der Waals surface area contributed by atoms with Crippen LogP contribution in [0.15, 0.2) is 36.4 Å². The highest BCUT2D eigenvalue weighted by molar-refractivity contribution is 6.30. The van der Waals surface area contributed by atoms with E-state index in [0.29, 0.717) is 31.0 Å². The van der Waals surface area contributed by atoms with Crippen molar-refractivity contribution in [2.75, 3.05) is 19.8 Å². The summed E-state index contributed by atoms with van der Waals surface area (Å²) >= 11 is 11.6. The average molecular weight is 472 g/mol. The summed E-state index contributed by atoms with van der Waals surface area (Å²) in [7, 11) is 0. The lowest BCUT2D eigenvalue weighted by atomic mass is 9.99. The lowest BCUT2D eigenvalue weighted by molar-refractivity contribution is -0.150. The number of aliphatic hydroxyl groups is 1. The largest absolute Gasteiger partial charge is 0.445 e. The number of halogens is 2. The maximum atomic E-state index is 12.4. The van der Waals surface area contributed by atoms with E-state index in [1.807, 2.05) is 29.2 Å². The third-order valence-corrected chi connectivity index (χ3v) is 5.28. The molecular formula is C23H31Cl2NO5. The first-order chi connectivity index (χ1) is 14.8. The molecule has 172 valence electrons. The number of likely N-dealkylation sites (tertiary alicyclic amines) is 1. The first-order valence-electron chi connectivity index (χ1n) is 10.7. The molecule has 1 heterocycles. The molecule has 0 bridgehead atoms. The van der Waals surface area contributed by atoms with Crippen molar-refractivity contribution in [2.24, 2.45) is 0 Å². The van der Waals surface area contributed by atoms with Crippen LogP contribution in [0.25, 0.3) is 0 Å². The van der Waals surface area contributed by atoms with Crippen LogP contribution in [-0.4, -0.2) is 59.4 Å². The lowest BCUT2D eigenvalue weighted by Gasteiger charge is -2.34. The zero-order valence-corrected chi connectivity index (χ0v) is 19.4. The SMILES string of the molecule is CC(Cl)OC(=O)COCCCCN1C(=O)CCC[C@@H]1/C=C/C(O)Cc1cccc(Cl)c1. The van der Waals surface area contributed by atoms with Crippen molar-refractivity contribution in [3.8, 4) is 0 Å². The Kier molecular flexibility index (Phi) is 11.4. The highest BCUT2D eigenvalue weighted by Gasteiger charge is 2.25. The minimum absolute atomic E-state index is 0.0173. The summed E-state index contributed by atoms with van der Waals surface area (Å²) in [6.07, 6.45) is 7.30. The van der Waals surface area contributed by atoms with E-state index < -0.39 is 17.6 Å². The van der Waals surface area contributed by atoms with Crippen LogP contribution in [0.1, 0.15) is 44.6 Å². The zero-order valence-electron chi connectivity index (χ0n) is 17.8. The first kappa shape index (κ1) is 25.7. The molecule has 0 aromatic heterocycles. The van der Waals surface area contributed by atoms with E-state index in [4.69, 9.17) is 32.7 Å². The average Bonchev–Trinajstić information content (AvgIpc) is 2.69. The Morgan fingerprint density at radius 3 is 2.94 bits per heavy atom. The molecular weight excluding hydrogens is 441 g/mol. The molecule has 1 aromatic rings. The summed E-state index contributed by atoms with van der Waals surface area (Å²) in [5.41, 5.74) is 0.292. The van der Waals surface area contributed by atoms with Crippen LogP contribution < -0.4 is 0 Å². The Bertz CT molecular complexity index is 740. The second kappa shape index (κ2) is 13.7. The normalized spacial score (nSPS) is 18.9. The molecule has 6 nitrogen and oxygen atoms in total. The Hall–Kier alpha value is -1.60. The number of alkyl halides is 1. The number of aliphatic hydroxyl groups excluding tert-OH is 1. The number of amides is 1. The molecule has 8 heteroatoms. The van der Waals surface area contributed by atoms with Crippen LogP contribution in [-0.2, 0) is 25.5 Å². The number of hydrogen-bond acceptors (Lipinski definition) is 5. The van der Waals surface area contributed by atoms with Crippen LogP contribution in [0.5, 0.6) is 0 Å². The lowest BCUT2D eigenvalue weighted by Crippen LogP contribution is -2.43. The van der Waals surface area contributed by atoms with E-state index >= 15 is 0 Å². The smallest absolute Gasteiger partial charge is 0.333 e. The van der Waals surface area contributed by atoms with E-state index in [9.17, 15) is 14.7 Å². The molecule has 2 rings (SSSR count). The van der Waals surface area contributed by atoms with Crippen LogP contribution >= 0.6 is 23.2 Å². The van der Waals surface area contributed by atoms with Gasteiger partial charge in [0, 0.05) is 31.0 Å². The van der Waals surface area contributed by atoms with Gasteiger partial charge in [-0.3, -0.25) is 4.79 Å². The summed E-state index contributed by atoms with van der Waals surface area (Å²) < 4.78 is 10.1. The summed E-state index contributed by atoms with van der Waals surface area (Å²) in [4.78, 5) is 25.6. The fraction of sp³-hybridized carbons (Fsp3) is 0.565. The van der Waals surface area contributed by atoms with E-state index in [1.165, 1.54) is 0 Å². The fourth-order valence-corrected chi connectivity index (χ4v) is 3.84. The van der Waals surface area contributed by atoms with Crippen LogP contribution in [0.4, 0.5) is 0 Å². The molecule has 0 aliphatic carbocycles. The standard InChI is InChI=1S/C23H31Cl2NO5/c1-17(24)31-23(29)16-30-13-3-2-12-26-20(8-5-9-22(26)28)10-11-21(27)15-18-6-4-7-19(25)14-18/h4,6-7,10-11,14,17,20-21,27H,2-3,5,8-9,12-13,15-16H2,1H3/b11-10+/t17?,20-,21?/m1/s1. The second-order valence-corrected chi connectivity index (χ2v) is 8.68. The van der Waals surface area contributed by atoms with Gasteiger partial charge in [0.2, 0.25) is 5.91 Å². The molecule has 0 spiro atoms. The molecule has 1 aliphatic rings. The van der Waals surface area contributed by atoms with Gasteiger partial charge in [-0.25, -0.2) is 4.79 Å². The second-order valence-electron chi connectivity index (χ2n) is 7.63. The highest BCUT2D eigenvalue weighted by atomic mass is 35.5. The number of esters is 1. The van der Waals surface area contributed by atoms with Crippen LogP contribution in [0.3, 0.4) is 0 Å². The van der Waals surface area contributed by atoms with E-state index in [1.54, 1.807) is 19.1 Å². The van der Waals surface area contributed by atoms with Gasteiger partial charge in [0.15, 0.2) is 5.56 Å². The summed E-state index contributed by atoms with van der Waals surface area (Å²) in [5, 5.41) is 11.0. The fourth-order valence-electron chi connectivity index (χ4n) is 3.52. The number of hydrogen-bond donors (Lipinski definition) is 1. The number of ether oxygens (including phenoxy) is 2. The molecule has 0 radical (unpaired) electrons. The zero-order chi connectivity index (χ0) is 22.6. The number of carbonyl (C=O) groups excluding carboxylic acids is 2. The monoisotopic (exact) mass is 471 g/mol. The van der Waals surface area contributed by atoms with Gasteiger partial charge in [0.25, 0.3) is 0 Å². The minimum atomic E-state index is -0.671. The maximum absolute atomic E-state index is 12.4. The van der Waals surface area contributed by atoms with Crippen molar-refractivity contribution in [1.29, 1.82) is 0 Å². The topological polar surface area (TPSA) is 76.1 Å². The Morgan fingerprint density at radius 2 is 2.19 bits per heavy atom. The van der Waals surface area contributed by atoms with E-state index in [0.717, 1.165) is 31.2 Å². The summed E-state index contributed by atoms with van der Waals surface area (Å²) in [6, 6.07) is 7.41. The van der Waals surface area contributed by atoms with Crippen LogP contribution in [0, 0.1) is 0 Å². The molecule has 1 aromatic carbocycles. The predicted molar refractivity (Wildman–Crippen MR) is 121 cm³/mol. The van der Waals surface area contributed by atoms with Crippen molar-refractivity contribution in [3.63, 3.8) is 0 Å². The molecule has 0 saturated carbocycles. The number of rotatable bonds is 12. The molecule has 1 N–H and O–H groups in total. The number of nitrogens with zero attached hydrogens (tertiary/aromatic N) is 1. The maximum Gasteiger partial charge on any atom is 0.333 e. The third kappa shape index (κ3) is 10.0. The third-order valence-electron chi connectivity index (χ3n) is 4.95. The number of unbranched alkanes of at least 4 members (excludes halogenated alkanes) is 1. The van der Waals surface area contributed by atoms with Gasteiger partial charge in [-0.15, -0.1) is 0 Å². The molecule has 1 saturated heterocycles. The molecule has 1 amide bonds. The molecule has 31 heavy (non-hydrogen) atoms. The summed E-state index contributed by atoms with van der Waals surface area (Å²) in [6.45, 7) is 2.46. The minimum Gasteiger partial charge on any atom is -0.445 e. The van der Waals surface area contributed by atoms with Crippen molar-refractivity contribution in [1.82, 2.24) is 4.90 Å². The Morgan fingerprint density at radius 1 is 1.39 bits per heavy atom. The van der Waals surface area contributed by atoms with Gasteiger partial charge >= 0.3 is 5.97 Å². The number of carbonyl (C=O) groups is 2. The van der Waals surface area contributed by atoms with Gasteiger partial charge < -0.3 is 19.5 Å². The Labute approximate surface area is 194 Å². The van der Waals surface area contributed by atoms with Gasteiger partial charge in [0.05, 0.1) is 12.1 Å². The summed E-state index contributed by atoms with van der Waals surface area (Å²) in [5.74, 6) is -0.360. The van der Waals surface area contributed by atoms with Crippen LogP contribution in [0.2, 0.25) is 5.02 Å². The van der Waals surface area contributed by atoms with Gasteiger partial charge in [0.1, 0.15) is 6.61 Å². The predicted octanol–water partition coefficient (Wildman–Crippen LogP) is 4.11.